The number of carbonyl (C=O) groups is 2. The SMILES string of the molecule is Cc1ccccc1CN(C)C(=O)COC(=O)c1ccc2c(c1)CCN2S(C)(=O)=O. The molecule has 0 bridgehead atoms. The molecule has 1 aliphatic heterocycles. The Morgan fingerprint density at radius 1 is 1.17 bits per heavy atom. The number of likely N-dealkylation sites (N-methyl/N-ethyl adjacent to an activating group) is 1. The van der Waals surface area contributed by atoms with Gasteiger partial charge in [0.25, 0.3) is 5.91 Å². The summed E-state index contributed by atoms with van der Waals surface area (Å²) in [5.41, 5.74) is 3.77. The van der Waals surface area contributed by atoms with Crippen molar-refractivity contribution in [2.75, 3.05) is 30.8 Å². The molecule has 8 heteroatoms. The zero-order valence-electron chi connectivity index (χ0n) is 16.7. The van der Waals surface area contributed by atoms with Gasteiger partial charge in [-0.1, -0.05) is 24.3 Å². The van der Waals surface area contributed by atoms with E-state index >= 15 is 0 Å². The third kappa shape index (κ3) is 4.76. The van der Waals surface area contributed by atoms with Crippen molar-refractivity contribution in [2.45, 2.75) is 19.9 Å². The van der Waals surface area contributed by atoms with Crippen molar-refractivity contribution in [3.05, 3.63) is 64.7 Å². The summed E-state index contributed by atoms with van der Waals surface area (Å²) in [5, 5.41) is 0. The summed E-state index contributed by atoms with van der Waals surface area (Å²) in [7, 11) is -1.68. The number of carbonyl (C=O) groups excluding carboxylic acids is 2. The van der Waals surface area contributed by atoms with Gasteiger partial charge >= 0.3 is 5.97 Å². The molecular formula is C21H24N2O5S. The molecule has 0 unspecified atom stereocenters. The number of benzene rings is 2. The minimum atomic E-state index is -3.34. The molecule has 2 aromatic rings. The molecule has 3 rings (SSSR count). The van der Waals surface area contributed by atoms with Gasteiger partial charge in [-0.25, -0.2) is 13.2 Å². The average molecular weight is 416 g/mol. The highest BCUT2D eigenvalue weighted by Crippen LogP contribution is 2.30. The number of aryl methyl sites for hydroxylation is 1. The van der Waals surface area contributed by atoms with Crippen LogP contribution in [0.3, 0.4) is 0 Å². The fraction of sp³-hybridized carbons (Fsp3) is 0.333. The number of anilines is 1. The lowest BCUT2D eigenvalue weighted by atomic mass is 10.1. The van der Waals surface area contributed by atoms with Crippen LogP contribution in [0, 0.1) is 6.92 Å². The van der Waals surface area contributed by atoms with Crippen LogP contribution in [0.25, 0.3) is 0 Å². The van der Waals surface area contributed by atoms with E-state index in [0.29, 0.717) is 30.8 Å². The first-order valence-corrected chi connectivity index (χ1v) is 11.1. The average Bonchev–Trinajstić information content (AvgIpc) is 3.11. The number of fused-ring (bicyclic) bond motifs is 1. The summed E-state index contributed by atoms with van der Waals surface area (Å²) in [6.45, 7) is 2.41. The Kier molecular flexibility index (Phi) is 5.93. The number of sulfonamides is 1. The number of ether oxygens (including phenoxy) is 1. The predicted molar refractivity (Wildman–Crippen MR) is 110 cm³/mol. The Morgan fingerprint density at radius 2 is 1.90 bits per heavy atom. The molecule has 154 valence electrons. The number of rotatable bonds is 6. The minimum absolute atomic E-state index is 0.299. The van der Waals surface area contributed by atoms with Gasteiger partial charge in [-0.3, -0.25) is 9.10 Å². The van der Waals surface area contributed by atoms with Crippen molar-refractivity contribution in [2.24, 2.45) is 0 Å². The maximum Gasteiger partial charge on any atom is 0.338 e. The molecule has 1 amide bonds. The van der Waals surface area contributed by atoms with Crippen molar-refractivity contribution >= 4 is 27.6 Å². The van der Waals surface area contributed by atoms with Crippen LogP contribution in [0.15, 0.2) is 42.5 Å². The largest absolute Gasteiger partial charge is 0.452 e. The second-order valence-electron chi connectivity index (χ2n) is 7.18. The van der Waals surface area contributed by atoms with Crippen molar-refractivity contribution in [3.63, 3.8) is 0 Å². The molecule has 0 saturated heterocycles. The molecule has 0 aliphatic carbocycles. The molecule has 0 fully saturated rings. The fourth-order valence-corrected chi connectivity index (χ4v) is 4.25. The quantitative estimate of drug-likeness (QED) is 0.674. The van der Waals surface area contributed by atoms with E-state index in [1.54, 1.807) is 19.2 Å². The van der Waals surface area contributed by atoms with Gasteiger partial charge in [-0.05, 0) is 48.2 Å². The zero-order valence-corrected chi connectivity index (χ0v) is 17.5. The Balaban J connectivity index is 1.60. The summed E-state index contributed by atoms with van der Waals surface area (Å²) in [5.74, 6) is -0.908. The van der Waals surface area contributed by atoms with E-state index < -0.39 is 16.0 Å². The first-order chi connectivity index (χ1) is 13.7. The molecule has 0 atom stereocenters. The van der Waals surface area contributed by atoms with Crippen LogP contribution in [-0.2, 0) is 32.5 Å². The second-order valence-corrected chi connectivity index (χ2v) is 9.09. The molecule has 2 aromatic carbocycles. The molecule has 29 heavy (non-hydrogen) atoms. The minimum Gasteiger partial charge on any atom is -0.452 e. The van der Waals surface area contributed by atoms with Crippen LogP contribution < -0.4 is 4.31 Å². The van der Waals surface area contributed by atoms with Gasteiger partial charge in [-0.15, -0.1) is 0 Å². The van der Waals surface area contributed by atoms with E-state index in [0.717, 1.165) is 22.9 Å². The van der Waals surface area contributed by atoms with Gasteiger partial charge in [0.2, 0.25) is 10.0 Å². The summed E-state index contributed by atoms with van der Waals surface area (Å²) >= 11 is 0. The van der Waals surface area contributed by atoms with E-state index in [4.69, 9.17) is 4.74 Å². The maximum atomic E-state index is 12.3. The van der Waals surface area contributed by atoms with Crippen LogP contribution in [0.1, 0.15) is 27.0 Å². The molecule has 7 nitrogen and oxygen atoms in total. The van der Waals surface area contributed by atoms with Crippen LogP contribution in [0.2, 0.25) is 0 Å². The summed E-state index contributed by atoms with van der Waals surface area (Å²) in [6.07, 6.45) is 1.69. The Hall–Kier alpha value is -2.87. The van der Waals surface area contributed by atoms with E-state index in [1.165, 1.54) is 15.3 Å². The second kappa shape index (κ2) is 8.24. The van der Waals surface area contributed by atoms with Crippen molar-refractivity contribution in [1.29, 1.82) is 0 Å². The Morgan fingerprint density at radius 3 is 2.59 bits per heavy atom. The van der Waals surface area contributed by atoms with Crippen molar-refractivity contribution in [1.82, 2.24) is 4.90 Å². The normalized spacial score (nSPS) is 13.1. The third-order valence-electron chi connectivity index (χ3n) is 4.99. The maximum absolute atomic E-state index is 12.3. The first kappa shape index (κ1) is 20.9. The van der Waals surface area contributed by atoms with Crippen LogP contribution in [0.4, 0.5) is 5.69 Å². The van der Waals surface area contributed by atoms with Crippen LogP contribution in [-0.4, -0.2) is 51.6 Å². The Labute approximate surface area is 170 Å². The fourth-order valence-electron chi connectivity index (χ4n) is 3.29. The number of hydrogen-bond donors (Lipinski definition) is 0. The van der Waals surface area contributed by atoms with E-state index in [-0.39, 0.29) is 12.5 Å². The van der Waals surface area contributed by atoms with Gasteiger partial charge < -0.3 is 9.64 Å². The number of esters is 1. The molecule has 0 aromatic heterocycles. The molecule has 0 saturated carbocycles. The monoisotopic (exact) mass is 416 g/mol. The highest BCUT2D eigenvalue weighted by Gasteiger charge is 2.27. The lowest BCUT2D eigenvalue weighted by Gasteiger charge is -2.18. The standard InChI is InChI=1S/C21H24N2O5S/c1-15-6-4-5-7-18(15)13-22(2)20(24)14-28-21(25)17-8-9-19-16(12-17)10-11-23(19)29(3,26)27/h4-9,12H,10-11,13-14H2,1-3H3. The third-order valence-corrected chi connectivity index (χ3v) is 6.17. The van der Waals surface area contributed by atoms with E-state index in [2.05, 4.69) is 0 Å². The van der Waals surface area contributed by atoms with Gasteiger partial charge in [-0.2, -0.15) is 0 Å². The molecule has 1 heterocycles. The smallest absolute Gasteiger partial charge is 0.338 e. The van der Waals surface area contributed by atoms with Gasteiger partial charge in [0, 0.05) is 20.1 Å². The summed E-state index contributed by atoms with van der Waals surface area (Å²) in [4.78, 5) is 26.2. The van der Waals surface area contributed by atoms with Crippen molar-refractivity contribution in [3.8, 4) is 0 Å². The molecule has 0 radical (unpaired) electrons. The number of amides is 1. The van der Waals surface area contributed by atoms with E-state index in [1.807, 2.05) is 31.2 Å². The molecule has 0 spiro atoms. The van der Waals surface area contributed by atoms with Crippen molar-refractivity contribution < 1.29 is 22.7 Å². The van der Waals surface area contributed by atoms with Gasteiger partial charge in [0.15, 0.2) is 6.61 Å². The molecular weight excluding hydrogens is 392 g/mol. The lowest BCUT2D eigenvalue weighted by Crippen LogP contribution is -2.31. The number of hydrogen-bond acceptors (Lipinski definition) is 5. The van der Waals surface area contributed by atoms with Gasteiger partial charge in [0.05, 0.1) is 17.5 Å². The molecule has 0 N–H and O–H groups in total. The first-order valence-electron chi connectivity index (χ1n) is 9.23. The van der Waals surface area contributed by atoms with Crippen LogP contribution in [0.5, 0.6) is 0 Å². The highest BCUT2D eigenvalue weighted by atomic mass is 32.2. The summed E-state index contributed by atoms with van der Waals surface area (Å²) in [6, 6.07) is 12.5. The zero-order chi connectivity index (χ0) is 21.2. The van der Waals surface area contributed by atoms with Crippen LogP contribution >= 0.6 is 0 Å². The summed E-state index contributed by atoms with van der Waals surface area (Å²) < 4.78 is 30.1. The lowest BCUT2D eigenvalue weighted by molar-refractivity contribution is -0.133. The highest BCUT2D eigenvalue weighted by molar-refractivity contribution is 7.92. The molecule has 1 aliphatic rings. The van der Waals surface area contributed by atoms with Gasteiger partial charge in [0.1, 0.15) is 0 Å². The topological polar surface area (TPSA) is 84.0 Å². The van der Waals surface area contributed by atoms with E-state index in [9.17, 15) is 18.0 Å². The Bertz CT molecular complexity index is 1050. The predicted octanol–water partition coefficient (Wildman–Crippen LogP) is 2.13. The number of nitrogens with zero attached hydrogens (tertiary/aromatic N) is 2.